The zero-order valence-corrected chi connectivity index (χ0v) is 18.5. The Bertz CT molecular complexity index is 893. The van der Waals surface area contributed by atoms with Gasteiger partial charge in [0.05, 0.1) is 5.41 Å². The summed E-state index contributed by atoms with van der Waals surface area (Å²) in [6, 6.07) is 12.5. The number of likely N-dealkylation sites (tertiary alicyclic amines) is 1. The maximum Gasteiger partial charge on any atom is 0.228 e. The first-order valence-corrected chi connectivity index (χ1v) is 11.7. The molecule has 1 aromatic heterocycles. The maximum atomic E-state index is 13.3. The Morgan fingerprint density at radius 1 is 1.06 bits per heavy atom. The third-order valence-electron chi connectivity index (χ3n) is 6.87. The van der Waals surface area contributed by atoms with Gasteiger partial charge in [-0.15, -0.1) is 0 Å². The highest BCUT2D eigenvalue weighted by Crippen LogP contribution is 2.37. The average molecular weight is 420 g/mol. The van der Waals surface area contributed by atoms with Gasteiger partial charge in [-0.25, -0.2) is 0 Å². The molecular formula is C26H33N3O2. The van der Waals surface area contributed by atoms with Crippen molar-refractivity contribution in [2.24, 2.45) is 11.3 Å². The largest absolute Gasteiger partial charge is 0.356 e. The summed E-state index contributed by atoms with van der Waals surface area (Å²) in [4.78, 5) is 32.3. The third kappa shape index (κ3) is 4.81. The van der Waals surface area contributed by atoms with E-state index in [0.717, 1.165) is 61.8 Å². The molecule has 0 bridgehead atoms. The van der Waals surface area contributed by atoms with E-state index in [1.165, 1.54) is 0 Å². The highest BCUT2D eigenvalue weighted by atomic mass is 16.2. The van der Waals surface area contributed by atoms with Crippen LogP contribution in [0.25, 0.3) is 11.1 Å². The van der Waals surface area contributed by atoms with E-state index in [0.29, 0.717) is 19.5 Å². The van der Waals surface area contributed by atoms with E-state index in [1.807, 2.05) is 17.0 Å². The van der Waals surface area contributed by atoms with Crippen molar-refractivity contribution in [1.29, 1.82) is 0 Å². The van der Waals surface area contributed by atoms with Crippen molar-refractivity contribution in [2.45, 2.75) is 51.9 Å². The number of nitrogens with one attached hydrogen (secondary N) is 1. The number of piperidine rings is 1. The number of rotatable bonds is 7. The molecule has 1 aliphatic heterocycles. The first-order chi connectivity index (χ1) is 15.1. The molecule has 5 nitrogen and oxygen atoms in total. The summed E-state index contributed by atoms with van der Waals surface area (Å²) in [5.41, 5.74) is 2.86. The number of carbonyl (C=O) groups is 2. The molecule has 1 aromatic carbocycles. The van der Waals surface area contributed by atoms with Gasteiger partial charge in [0.2, 0.25) is 11.8 Å². The van der Waals surface area contributed by atoms with Crippen LogP contribution in [0.4, 0.5) is 0 Å². The van der Waals surface area contributed by atoms with E-state index in [9.17, 15) is 9.59 Å². The molecule has 2 heterocycles. The number of hydrogen-bond acceptors (Lipinski definition) is 3. The van der Waals surface area contributed by atoms with E-state index in [1.54, 1.807) is 12.4 Å². The van der Waals surface area contributed by atoms with Crippen LogP contribution in [0.1, 0.15) is 51.0 Å². The van der Waals surface area contributed by atoms with Gasteiger partial charge in [0.15, 0.2) is 0 Å². The van der Waals surface area contributed by atoms with E-state index >= 15 is 0 Å². The summed E-state index contributed by atoms with van der Waals surface area (Å²) in [6.45, 7) is 4.05. The number of carbonyl (C=O) groups excluding carboxylic acids is 2. The lowest BCUT2D eigenvalue weighted by Crippen LogP contribution is -2.55. The Labute approximate surface area is 185 Å². The van der Waals surface area contributed by atoms with Crippen molar-refractivity contribution in [3.63, 3.8) is 0 Å². The van der Waals surface area contributed by atoms with Crippen LogP contribution in [-0.4, -0.2) is 41.3 Å². The van der Waals surface area contributed by atoms with Crippen molar-refractivity contribution in [3.05, 3.63) is 54.4 Å². The topological polar surface area (TPSA) is 62.3 Å². The first kappa shape index (κ1) is 21.5. The van der Waals surface area contributed by atoms with Crippen molar-refractivity contribution >= 4 is 11.8 Å². The monoisotopic (exact) mass is 419 g/mol. The van der Waals surface area contributed by atoms with Crippen molar-refractivity contribution in [3.8, 4) is 11.1 Å². The van der Waals surface area contributed by atoms with Gasteiger partial charge in [0.25, 0.3) is 0 Å². The second-order valence-corrected chi connectivity index (χ2v) is 9.14. The molecule has 164 valence electrons. The fraction of sp³-hybridized carbons (Fsp3) is 0.500. The Balaban J connectivity index is 1.54. The van der Waals surface area contributed by atoms with E-state index in [-0.39, 0.29) is 17.7 Å². The van der Waals surface area contributed by atoms with Gasteiger partial charge in [-0.3, -0.25) is 14.6 Å². The molecule has 5 heteroatoms. The van der Waals surface area contributed by atoms with Crippen LogP contribution in [0.3, 0.4) is 0 Å². The number of benzene rings is 1. The molecule has 1 saturated carbocycles. The molecule has 2 aromatic rings. The lowest BCUT2D eigenvalue weighted by Gasteiger charge is -2.44. The molecule has 31 heavy (non-hydrogen) atoms. The fourth-order valence-corrected chi connectivity index (χ4v) is 4.82. The van der Waals surface area contributed by atoms with E-state index in [2.05, 4.69) is 41.5 Å². The minimum atomic E-state index is -0.551. The highest BCUT2D eigenvalue weighted by Gasteiger charge is 2.44. The van der Waals surface area contributed by atoms with Crippen LogP contribution >= 0.6 is 0 Å². The number of pyridine rings is 1. The van der Waals surface area contributed by atoms with Crippen LogP contribution < -0.4 is 5.32 Å². The molecule has 1 aliphatic carbocycles. The molecular weight excluding hydrogens is 386 g/mol. The summed E-state index contributed by atoms with van der Waals surface area (Å²) in [6.07, 6.45) is 10.0. The standard InChI is InChI=1S/C26H33N3O2/c1-2-14-28-25(31)26(13-4-17-29(19-26)24(30)23-5-3-6-23)18-20-7-9-21(10-8-20)22-11-15-27-16-12-22/h7-12,15-16,23H,2-6,13-14,17-19H2,1H3,(H,28,31). The second kappa shape index (κ2) is 9.63. The number of nitrogens with zero attached hydrogens (tertiary/aromatic N) is 2. The van der Waals surface area contributed by atoms with Crippen molar-refractivity contribution < 1.29 is 9.59 Å². The summed E-state index contributed by atoms with van der Waals surface area (Å²) < 4.78 is 0. The van der Waals surface area contributed by atoms with Gasteiger partial charge < -0.3 is 10.2 Å². The molecule has 1 N–H and O–H groups in total. The van der Waals surface area contributed by atoms with E-state index < -0.39 is 5.41 Å². The molecule has 4 rings (SSSR count). The molecule has 2 fully saturated rings. The SMILES string of the molecule is CCCNC(=O)C1(Cc2ccc(-c3ccncc3)cc2)CCCN(C(=O)C2CCC2)C1. The lowest BCUT2D eigenvalue weighted by molar-refractivity contribution is -0.146. The first-order valence-electron chi connectivity index (χ1n) is 11.7. The summed E-state index contributed by atoms with van der Waals surface area (Å²) >= 11 is 0. The number of hydrogen-bond donors (Lipinski definition) is 1. The third-order valence-corrected chi connectivity index (χ3v) is 6.87. The van der Waals surface area contributed by atoms with Crippen LogP contribution in [-0.2, 0) is 16.0 Å². The normalized spacial score (nSPS) is 21.4. The van der Waals surface area contributed by atoms with Gasteiger partial charge in [-0.05, 0) is 67.3 Å². The summed E-state index contributed by atoms with van der Waals surface area (Å²) in [5, 5.41) is 3.13. The van der Waals surface area contributed by atoms with Crippen LogP contribution in [0.2, 0.25) is 0 Å². The molecule has 2 amide bonds. The lowest BCUT2D eigenvalue weighted by atomic mass is 9.73. The van der Waals surface area contributed by atoms with Gasteiger partial charge in [0.1, 0.15) is 0 Å². The number of aromatic nitrogens is 1. The molecule has 2 aliphatic rings. The maximum absolute atomic E-state index is 13.3. The van der Waals surface area contributed by atoms with E-state index in [4.69, 9.17) is 0 Å². The van der Waals surface area contributed by atoms with Gasteiger partial charge in [0, 0.05) is 37.9 Å². The Kier molecular flexibility index (Phi) is 6.69. The number of amides is 2. The zero-order valence-electron chi connectivity index (χ0n) is 18.5. The highest BCUT2D eigenvalue weighted by molar-refractivity contribution is 5.85. The Morgan fingerprint density at radius 3 is 2.42 bits per heavy atom. The predicted molar refractivity (Wildman–Crippen MR) is 122 cm³/mol. The quantitative estimate of drug-likeness (QED) is 0.731. The van der Waals surface area contributed by atoms with Crippen molar-refractivity contribution in [1.82, 2.24) is 15.2 Å². The van der Waals surface area contributed by atoms with Crippen molar-refractivity contribution in [2.75, 3.05) is 19.6 Å². The molecule has 1 unspecified atom stereocenters. The second-order valence-electron chi connectivity index (χ2n) is 9.14. The smallest absolute Gasteiger partial charge is 0.228 e. The molecule has 1 saturated heterocycles. The van der Waals surface area contributed by atoms with Gasteiger partial charge in [-0.1, -0.05) is 37.6 Å². The predicted octanol–water partition coefficient (Wildman–Crippen LogP) is 4.23. The Morgan fingerprint density at radius 2 is 1.77 bits per heavy atom. The average Bonchev–Trinajstić information content (AvgIpc) is 2.77. The zero-order chi connectivity index (χ0) is 21.7. The molecule has 0 radical (unpaired) electrons. The van der Waals surface area contributed by atoms with Gasteiger partial charge in [-0.2, -0.15) is 0 Å². The van der Waals surface area contributed by atoms with Crippen LogP contribution in [0.15, 0.2) is 48.8 Å². The van der Waals surface area contributed by atoms with Gasteiger partial charge >= 0.3 is 0 Å². The summed E-state index contributed by atoms with van der Waals surface area (Å²) in [7, 11) is 0. The molecule has 1 atom stereocenters. The summed E-state index contributed by atoms with van der Waals surface area (Å²) in [5.74, 6) is 0.527. The van der Waals surface area contributed by atoms with Crippen LogP contribution in [0.5, 0.6) is 0 Å². The minimum absolute atomic E-state index is 0.0960. The minimum Gasteiger partial charge on any atom is -0.356 e. The molecule has 0 spiro atoms. The van der Waals surface area contributed by atoms with Crippen LogP contribution in [0, 0.1) is 11.3 Å². The fourth-order valence-electron chi connectivity index (χ4n) is 4.82. The Hall–Kier alpha value is -2.69.